The van der Waals surface area contributed by atoms with Gasteiger partial charge in [-0.15, -0.1) is 11.3 Å². The summed E-state index contributed by atoms with van der Waals surface area (Å²) in [6.07, 6.45) is 0.188. The molecule has 2 aromatic rings. The molecule has 1 heterocycles. The number of hydrogen-bond donors (Lipinski definition) is 1. The molecule has 0 aliphatic rings. The van der Waals surface area contributed by atoms with Crippen molar-refractivity contribution in [2.45, 2.75) is 6.42 Å². The average Bonchev–Trinajstić information content (AvgIpc) is 2.82. The maximum absolute atomic E-state index is 11.7. The number of esters is 1. The van der Waals surface area contributed by atoms with Crippen molar-refractivity contribution in [1.82, 2.24) is 5.32 Å². The second-order valence-corrected chi connectivity index (χ2v) is 4.79. The summed E-state index contributed by atoms with van der Waals surface area (Å²) >= 11 is 1.39. The molecule has 0 saturated carbocycles. The lowest BCUT2D eigenvalue weighted by Crippen LogP contribution is -2.20. The van der Waals surface area contributed by atoms with Crippen molar-refractivity contribution in [3.63, 3.8) is 0 Å². The van der Waals surface area contributed by atoms with Gasteiger partial charge in [-0.05, 0) is 17.5 Å². The van der Waals surface area contributed by atoms with E-state index >= 15 is 0 Å². The number of carbonyl (C=O) groups is 2. The highest BCUT2D eigenvalue weighted by molar-refractivity contribution is 7.20. The van der Waals surface area contributed by atoms with Crippen LogP contribution >= 0.6 is 11.3 Å². The first kappa shape index (κ1) is 12.6. The van der Waals surface area contributed by atoms with E-state index in [1.807, 2.05) is 30.3 Å². The van der Waals surface area contributed by atoms with E-state index in [0.29, 0.717) is 4.88 Å². The average molecular weight is 263 g/mol. The van der Waals surface area contributed by atoms with Gasteiger partial charge in [0.2, 0.25) is 5.91 Å². The van der Waals surface area contributed by atoms with Crippen LogP contribution in [0.3, 0.4) is 0 Å². The van der Waals surface area contributed by atoms with Gasteiger partial charge in [0.15, 0.2) is 0 Å². The Labute approximate surface area is 109 Å². The number of ether oxygens (including phenoxy) is 1. The van der Waals surface area contributed by atoms with Crippen LogP contribution in [0.5, 0.6) is 0 Å². The van der Waals surface area contributed by atoms with Crippen molar-refractivity contribution >= 4 is 33.3 Å². The lowest BCUT2D eigenvalue weighted by Gasteiger charge is -2.01. The Morgan fingerprint density at radius 2 is 2.11 bits per heavy atom. The Bertz CT molecular complexity index is 543. The zero-order valence-corrected chi connectivity index (χ0v) is 10.8. The molecule has 1 N–H and O–H groups in total. The quantitative estimate of drug-likeness (QED) is 0.860. The fraction of sp³-hybridized carbons (Fsp3) is 0.231. The van der Waals surface area contributed by atoms with E-state index in [0.717, 1.165) is 10.1 Å². The molecule has 0 saturated heterocycles. The predicted molar refractivity (Wildman–Crippen MR) is 70.8 cm³/mol. The van der Waals surface area contributed by atoms with E-state index in [2.05, 4.69) is 5.32 Å². The van der Waals surface area contributed by atoms with Gasteiger partial charge in [0.05, 0.1) is 6.42 Å². The summed E-state index contributed by atoms with van der Waals surface area (Å²) in [4.78, 5) is 23.3. The molecule has 0 spiro atoms. The zero-order valence-electron chi connectivity index (χ0n) is 9.93. The maximum Gasteiger partial charge on any atom is 0.348 e. The van der Waals surface area contributed by atoms with Crippen molar-refractivity contribution in [2.75, 3.05) is 13.7 Å². The summed E-state index contributed by atoms with van der Waals surface area (Å²) in [5.74, 6) is -0.515. The largest absolute Gasteiger partial charge is 0.461 e. The molecule has 0 unspecified atom stereocenters. The van der Waals surface area contributed by atoms with E-state index < -0.39 is 0 Å². The highest BCUT2D eigenvalue weighted by atomic mass is 32.1. The van der Waals surface area contributed by atoms with Gasteiger partial charge in [0.1, 0.15) is 11.5 Å². The molecule has 0 aliphatic heterocycles. The van der Waals surface area contributed by atoms with Crippen LogP contribution in [0.1, 0.15) is 16.1 Å². The fourth-order valence-corrected chi connectivity index (χ4v) is 2.47. The van der Waals surface area contributed by atoms with Crippen molar-refractivity contribution in [3.05, 3.63) is 35.2 Å². The van der Waals surface area contributed by atoms with E-state index in [-0.39, 0.29) is 24.9 Å². The molecular weight excluding hydrogens is 250 g/mol. The summed E-state index contributed by atoms with van der Waals surface area (Å²) in [6.45, 7) is 0.104. The summed E-state index contributed by atoms with van der Waals surface area (Å²) in [5, 5.41) is 3.50. The molecule has 18 heavy (non-hydrogen) atoms. The molecule has 1 amide bonds. The lowest BCUT2D eigenvalue weighted by molar-refractivity contribution is -0.121. The standard InChI is InChI=1S/C13H13NO3S/c1-14-12(15)6-7-17-13(16)11-8-9-4-2-3-5-10(9)18-11/h2-5,8H,6-7H2,1H3,(H,14,15). The Hall–Kier alpha value is -1.88. The molecule has 1 aromatic carbocycles. The first-order valence-corrected chi connectivity index (χ1v) is 6.38. The summed E-state index contributed by atoms with van der Waals surface area (Å²) < 4.78 is 6.09. The van der Waals surface area contributed by atoms with Gasteiger partial charge in [0.25, 0.3) is 0 Å². The lowest BCUT2D eigenvalue weighted by atomic mass is 10.2. The van der Waals surface area contributed by atoms with Gasteiger partial charge in [-0.2, -0.15) is 0 Å². The normalized spacial score (nSPS) is 10.3. The van der Waals surface area contributed by atoms with E-state index in [1.165, 1.54) is 11.3 Å². The van der Waals surface area contributed by atoms with Crippen molar-refractivity contribution in [3.8, 4) is 0 Å². The van der Waals surface area contributed by atoms with E-state index in [1.54, 1.807) is 7.05 Å². The number of nitrogens with one attached hydrogen (secondary N) is 1. The summed E-state index contributed by atoms with van der Waals surface area (Å²) in [5.41, 5.74) is 0. The number of hydrogen-bond acceptors (Lipinski definition) is 4. The second kappa shape index (κ2) is 5.64. The third kappa shape index (κ3) is 2.87. The van der Waals surface area contributed by atoms with Crippen LogP contribution in [0.4, 0.5) is 0 Å². The van der Waals surface area contributed by atoms with Gasteiger partial charge >= 0.3 is 5.97 Å². The smallest absolute Gasteiger partial charge is 0.348 e. The SMILES string of the molecule is CNC(=O)CCOC(=O)c1cc2ccccc2s1. The molecule has 4 nitrogen and oxygen atoms in total. The summed E-state index contributed by atoms with van der Waals surface area (Å²) in [6, 6.07) is 9.58. The number of benzene rings is 1. The fourth-order valence-electron chi connectivity index (χ4n) is 1.52. The monoisotopic (exact) mass is 263 g/mol. The minimum atomic E-state index is -0.375. The number of amides is 1. The van der Waals surface area contributed by atoms with Crippen molar-refractivity contribution in [2.24, 2.45) is 0 Å². The predicted octanol–water partition coefficient (Wildman–Crippen LogP) is 2.19. The summed E-state index contributed by atoms with van der Waals surface area (Å²) in [7, 11) is 1.55. The van der Waals surface area contributed by atoms with Crippen molar-refractivity contribution < 1.29 is 14.3 Å². The van der Waals surface area contributed by atoms with Crippen LogP contribution < -0.4 is 5.32 Å². The Kier molecular flexibility index (Phi) is 3.94. The molecule has 94 valence electrons. The first-order chi connectivity index (χ1) is 8.70. The molecule has 1 aromatic heterocycles. The highest BCUT2D eigenvalue weighted by Crippen LogP contribution is 2.25. The minimum Gasteiger partial charge on any atom is -0.461 e. The van der Waals surface area contributed by atoms with Gasteiger partial charge in [-0.25, -0.2) is 4.79 Å². The minimum absolute atomic E-state index is 0.104. The molecule has 0 fully saturated rings. The number of carbonyl (C=O) groups excluding carboxylic acids is 2. The van der Waals surface area contributed by atoms with Crippen LogP contribution in [-0.2, 0) is 9.53 Å². The molecule has 0 aliphatic carbocycles. The number of fused-ring (bicyclic) bond motifs is 1. The van der Waals surface area contributed by atoms with Gasteiger partial charge < -0.3 is 10.1 Å². The highest BCUT2D eigenvalue weighted by Gasteiger charge is 2.11. The third-order valence-corrected chi connectivity index (χ3v) is 3.56. The van der Waals surface area contributed by atoms with Gasteiger partial charge in [-0.3, -0.25) is 4.79 Å². The molecule has 0 radical (unpaired) electrons. The van der Waals surface area contributed by atoms with Crippen LogP contribution in [0.25, 0.3) is 10.1 Å². The third-order valence-electron chi connectivity index (χ3n) is 2.47. The van der Waals surface area contributed by atoms with Crippen molar-refractivity contribution in [1.29, 1.82) is 0 Å². The molecular formula is C13H13NO3S. The molecule has 5 heteroatoms. The number of thiophene rings is 1. The Balaban J connectivity index is 1.98. The second-order valence-electron chi connectivity index (χ2n) is 3.71. The molecule has 0 atom stereocenters. The van der Waals surface area contributed by atoms with Crippen LogP contribution in [0.2, 0.25) is 0 Å². The maximum atomic E-state index is 11.7. The topological polar surface area (TPSA) is 55.4 Å². The van der Waals surface area contributed by atoms with Crippen LogP contribution in [0, 0.1) is 0 Å². The van der Waals surface area contributed by atoms with Crippen LogP contribution in [0.15, 0.2) is 30.3 Å². The zero-order chi connectivity index (χ0) is 13.0. The van der Waals surface area contributed by atoms with E-state index in [9.17, 15) is 9.59 Å². The number of rotatable bonds is 4. The van der Waals surface area contributed by atoms with Gasteiger partial charge in [0, 0.05) is 11.7 Å². The molecule has 0 bridgehead atoms. The van der Waals surface area contributed by atoms with E-state index in [4.69, 9.17) is 4.74 Å². The van der Waals surface area contributed by atoms with Gasteiger partial charge in [-0.1, -0.05) is 18.2 Å². The first-order valence-electron chi connectivity index (χ1n) is 5.57. The Morgan fingerprint density at radius 3 is 2.83 bits per heavy atom. The van der Waals surface area contributed by atoms with Crippen LogP contribution in [-0.4, -0.2) is 25.5 Å². The molecule has 2 rings (SSSR count). The Morgan fingerprint density at radius 1 is 1.33 bits per heavy atom.